The fourth-order valence-electron chi connectivity index (χ4n) is 2.88. The van der Waals surface area contributed by atoms with Crippen LogP contribution in [0.3, 0.4) is 0 Å². The van der Waals surface area contributed by atoms with Gasteiger partial charge in [0, 0.05) is 15.4 Å². The molecule has 1 atom stereocenters. The lowest BCUT2D eigenvalue weighted by atomic mass is 10.1. The Morgan fingerprint density at radius 1 is 1.09 bits per heavy atom. The van der Waals surface area contributed by atoms with Gasteiger partial charge in [-0.1, -0.05) is 23.9 Å². The van der Waals surface area contributed by atoms with E-state index in [9.17, 15) is 4.79 Å². The predicted octanol–water partition coefficient (Wildman–Crippen LogP) is 4.01. The third kappa shape index (κ3) is 2.28. The van der Waals surface area contributed by atoms with E-state index in [1.165, 1.54) is 0 Å². The summed E-state index contributed by atoms with van der Waals surface area (Å²) in [7, 11) is 3.27. The number of hydrogen-bond acceptors (Lipinski definition) is 5. The van der Waals surface area contributed by atoms with Crippen LogP contribution in [0.4, 0.5) is 0 Å². The van der Waals surface area contributed by atoms with Crippen LogP contribution in [-0.4, -0.2) is 30.9 Å². The molecule has 2 heterocycles. The Balaban J connectivity index is 1.83. The Labute approximate surface area is 143 Å². The molecular formula is C17H15NO3S2. The highest BCUT2D eigenvalue weighted by atomic mass is 32.2. The Hall–Kier alpha value is -1.79. The zero-order valence-corrected chi connectivity index (χ0v) is 14.4. The van der Waals surface area contributed by atoms with Crippen molar-refractivity contribution in [2.45, 2.75) is 15.2 Å². The molecule has 118 valence electrons. The number of carbonyl (C=O) groups excluding carboxylic acids is 1. The van der Waals surface area contributed by atoms with Crippen LogP contribution in [0.1, 0.15) is 21.3 Å². The van der Waals surface area contributed by atoms with E-state index in [0.29, 0.717) is 11.6 Å². The molecule has 4 rings (SSSR count). The molecule has 2 aliphatic heterocycles. The summed E-state index contributed by atoms with van der Waals surface area (Å²) in [4.78, 5) is 16.9. The lowest BCUT2D eigenvalue weighted by Crippen LogP contribution is -2.38. The summed E-state index contributed by atoms with van der Waals surface area (Å²) >= 11 is 3.37. The van der Waals surface area contributed by atoms with Crippen LogP contribution >= 0.6 is 23.5 Å². The minimum atomic E-state index is -0.0199. The van der Waals surface area contributed by atoms with Crippen molar-refractivity contribution in [2.24, 2.45) is 0 Å². The average Bonchev–Trinajstić information content (AvgIpc) is 2.60. The van der Waals surface area contributed by atoms with Crippen molar-refractivity contribution < 1.29 is 14.3 Å². The number of ether oxygens (including phenoxy) is 2. The average molecular weight is 345 g/mol. The predicted molar refractivity (Wildman–Crippen MR) is 91.5 cm³/mol. The summed E-state index contributed by atoms with van der Waals surface area (Å²) < 4.78 is 10.8. The van der Waals surface area contributed by atoms with Crippen LogP contribution in [0.5, 0.6) is 11.5 Å². The molecule has 1 unspecified atom stereocenters. The maximum Gasteiger partial charge on any atom is 0.256 e. The molecule has 0 fully saturated rings. The zero-order chi connectivity index (χ0) is 16.0. The van der Waals surface area contributed by atoms with E-state index in [1.807, 2.05) is 41.3 Å². The van der Waals surface area contributed by atoms with Gasteiger partial charge in [0.25, 0.3) is 5.91 Å². The Kier molecular flexibility index (Phi) is 3.66. The van der Waals surface area contributed by atoms with Gasteiger partial charge in [-0.2, -0.15) is 0 Å². The van der Waals surface area contributed by atoms with E-state index in [0.717, 1.165) is 26.7 Å². The molecule has 0 saturated heterocycles. The normalized spacial score (nSPS) is 18.8. The third-order valence-corrected chi connectivity index (χ3v) is 6.45. The molecule has 0 aromatic heterocycles. The molecule has 2 aromatic rings. The number of fused-ring (bicyclic) bond motifs is 4. The van der Waals surface area contributed by atoms with Crippen molar-refractivity contribution in [3.8, 4) is 11.5 Å². The van der Waals surface area contributed by atoms with Crippen LogP contribution in [0, 0.1) is 0 Å². The summed E-state index contributed by atoms with van der Waals surface area (Å²) in [6.45, 7) is 0. The summed E-state index contributed by atoms with van der Waals surface area (Å²) in [5.41, 5.74) is 1.89. The molecule has 0 radical (unpaired) electrons. The second kappa shape index (κ2) is 5.69. The van der Waals surface area contributed by atoms with Crippen LogP contribution in [0.25, 0.3) is 0 Å². The second-order valence-corrected chi connectivity index (χ2v) is 7.37. The second-order valence-electron chi connectivity index (χ2n) is 5.26. The first-order chi connectivity index (χ1) is 11.2. The van der Waals surface area contributed by atoms with E-state index >= 15 is 0 Å². The molecule has 0 bridgehead atoms. The number of carbonyl (C=O) groups is 1. The molecule has 0 aliphatic carbocycles. The standard InChI is InChI=1S/C17H15NO3S2/c1-20-12-7-11-15(8-13(12)21-2)22-9-18-16(19)10-5-3-4-6-14(10)23-17(11)18/h3-8,17H,9H2,1-2H3. The van der Waals surface area contributed by atoms with Gasteiger partial charge in [-0.25, -0.2) is 0 Å². The molecule has 2 aliphatic rings. The first kappa shape index (κ1) is 14.8. The van der Waals surface area contributed by atoms with E-state index in [4.69, 9.17) is 9.47 Å². The van der Waals surface area contributed by atoms with Crippen molar-refractivity contribution in [2.75, 3.05) is 20.1 Å². The van der Waals surface area contributed by atoms with Gasteiger partial charge in [0.05, 0.1) is 25.7 Å². The van der Waals surface area contributed by atoms with Gasteiger partial charge in [-0.3, -0.25) is 4.79 Å². The number of benzene rings is 2. The van der Waals surface area contributed by atoms with Gasteiger partial charge in [-0.15, -0.1) is 11.8 Å². The maximum absolute atomic E-state index is 12.8. The maximum atomic E-state index is 12.8. The smallest absolute Gasteiger partial charge is 0.256 e. The monoisotopic (exact) mass is 345 g/mol. The molecule has 2 aromatic carbocycles. The molecule has 0 spiro atoms. The Morgan fingerprint density at radius 3 is 2.61 bits per heavy atom. The fourth-order valence-corrected chi connectivity index (χ4v) is 5.42. The van der Waals surface area contributed by atoms with Gasteiger partial charge in [0.2, 0.25) is 0 Å². The van der Waals surface area contributed by atoms with Crippen molar-refractivity contribution in [3.63, 3.8) is 0 Å². The van der Waals surface area contributed by atoms with E-state index in [-0.39, 0.29) is 11.3 Å². The Morgan fingerprint density at radius 2 is 1.83 bits per heavy atom. The molecule has 4 nitrogen and oxygen atoms in total. The highest BCUT2D eigenvalue weighted by molar-refractivity contribution is 8.01. The van der Waals surface area contributed by atoms with Crippen LogP contribution < -0.4 is 9.47 Å². The lowest BCUT2D eigenvalue weighted by Gasteiger charge is -2.40. The number of hydrogen-bond donors (Lipinski definition) is 0. The molecule has 1 amide bonds. The van der Waals surface area contributed by atoms with Crippen LogP contribution in [0.2, 0.25) is 0 Å². The van der Waals surface area contributed by atoms with Gasteiger partial charge >= 0.3 is 0 Å². The Bertz CT molecular complexity index is 793. The molecule has 6 heteroatoms. The van der Waals surface area contributed by atoms with Crippen molar-refractivity contribution in [1.29, 1.82) is 0 Å². The number of nitrogens with zero attached hydrogens (tertiary/aromatic N) is 1. The van der Waals surface area contributed by atoms with Crippen molar-refractivity contribution in [3.05, 3.63) is 47.5 Å². The van der Waals surface area contributed by atoms with E-state index in [1.54, 1.807) is 37.7 Å². The highest BCUT2D eigenvalue weighted by Gasteiger charge is 2.38. The third-order valence-electron chi connectivity index (χ3n) is 4.04. The summed E-state index contributed by atoms with van der Waals surface area (Å²) in [5.74, 6) is 2.16. The first-order valence-electron chi connectivity index (χ1n) is 7.18. The molecule has 0 N–H and O–H groups in total. The topological polar surface area (TPSA) is 38.8 Å². The van der Waals surface area contributed by atoms with E-state index in [2.05, 4.69) is 0 Å². The van der Waals surface area contributed by atoms with Gasteiger partial charge in [0.1, 0.15) is 5.37 Å². The molecule has 0 saturated carbocycles. The summed E-state index contributed by atoms with van der Waals surface area (Å²) in [6.07, 6.45) is 0. The van der Waals surface area contributed by atoms with Crippen molar-refractivity contribution >= 4 is 29.4 Å². The van der Waals surface area contributed by atoms with Gasteiger partial charge < -0.3 is 14.4 Å². The largest absolute Gasteiger partial charge is 0.493 e. The van der Waals surface area contributed by atoms with Crippen molar-refractivity contribution in [1.82, 2.24) is 4.90 Å². The first-order valence-corrected chi connectivity index (χ1v) is 9.05. The minimum absolute atomic E-state index is 0.0199. The van der Waals surface area contributed by atoms with Crippen LogP contribution in [-0.2, 0) is 0 Å². The number of rotatable bonds is 2. The van der Waals surface area contributed by atoms with Crippen LogP contribution in [0.15, 0.2) is 46.2 Å². The number of amides is 1. The number of thioether (sulfide) groups is 2. The lowest BCUT2D eigenvalue weighted by molar-refractivity contribution is 0.0755. The molecule has 23 heavy (non-hydrogen) atoms. The SMILES string of the molecule is COc1cc2c(cc1OC)C1Sc3ccccc3C(=O)N1CS2. The fraction of sp³-hybridized carbons (Fsp3) is 0.235. The quantitative estimate of drug-likeness (QED) is 0.822. The highest BCUT2D eigenvalue weighted by Crippen LogP contribution is 2.52. The van der Waals surface area contributed by atoms with E-state index < -0.39 is 0 Å². The van der Waals surface area contributed by atoms with Gasteiger partial charge in [0.15, 0.2) is 11.5 Å². The zero-order valence-electron chi connectivity index (χ0n) is 12.7. The summed E-state index contributed by atoms with van der Waals surface area (Å²) in [5, 5.41) is -0.0199. The number of methoxy groups -OCH3 is 2. The summed E-state index contributed by atoms with van der Waals surface area (Å²) in [6, 6.07) is 11.8. The molecular weight excluding hydrogens is 330 g/mol. The van der Waals surface area contributed by atoms with Gasteiger partial charge in [-0.05, 0) is 24.3 Å². The minimum Gasteiger partial charge on any atom is -0.493 e.